The number of halogens is 1. The molecule has 3 N–H and O–H groups in total. The van der Waals surface area contributed by atoms with Gasteiger partial charge in [-0.3, -0.25) is 0 Å². The van der Waals surface area contributed by atoms with Gasteiger partial charge in [0.1, 0.15) is 5.15 Å². The molecule has 1 heterocycles. The standard InChI is InChI=1S/C18H19ClN2O3S/c19-18-15(9-11-22)16-12-13(6-7-17(16)21-18)8-10-20-25(23,24)14-4-2-1-3-5-14/h1-7,12,20-22H,8-11H2. The van der Waals surface area contributed by atoms with E-state index in [2.05, 4.69) is 9.71 Å². The summed E-state index contributed by atoms with van der Waals surface area (Å²) in [5.74, 6) is 0. The summed E-state index contributed by atoms with van der Waals surface area (Å²) in [5, 5.41) is 10.7. The summed E-state index contributed by atoms with van der Waals surface area (Å²) in [6, 6.07) is 14.1. The fraction of sp³-hybridized carbons (Fsp3) is 0.222. The van der Waals surface area contributed by atoms with Crippen molar-refractivity contribution in [3.63, 3.8) is 0 Å². The lowest BCUT2D eigenvalue weighted by Gasteiger charge is -2.07. The first-order chi connectivity index (χ1) is 12.0. The van der Waals surface area contributed by atoms with Crippen molar-refractivity contribution in [2.75, 3.05) is 13.2 Å². The van der Waals surface area contributed by atoms with Crippen LogP contribution in [0.3, 0.4) is 0 Å². The second kappa shape index (κ2) is 7.58. The maximum absolute atomic E-state index is 12.2. The maximum Gasteiger partial charge on any atom is 0.240 e. The predicted octanol–water partition coefficient (Wildman–Crippen LogP) is 2.88. The van der Waals surface area contributed by atoms with Crippen LogP contribution in [0.25, 0.3) is 10.9 Å². The normalized spacial score (nSPS) is 11.9. The minimum Gasteiger partial charge on any atom is -0.396 e. The van der Waals surface area contributed by atoms with Gasteiger partial charge >= 0.3 is 0 Å². The van der Waals surface area contributed by atoms with Crippen LogP contribution in [0.1, 0.15) is 11.1 Å². The highest BCUT2D eigenvalue weighted by atomic mass is 35.5. The van der Waals surface area contributed by atoms with Gasteiger partial charge in [0, 0.05) is 24.1 Å². The van der Waals surface area contributed by atoms with E-state index in [4.69, 9.17) is 11.6 Å². The molecule has 132 valence electrons. The molecule has 3 aromatic rings. The predicted molar refractivity (Wildman–Crippen MR) is 99.4 cm³/mol. The molecule has 0 aliphatic heterocycles. The summed E-state index contributed by atoms with van der Waals surface area (Å²) in [7, 11) is -3.50. The van der Waals surface area contributed by atoms with Gasteiger partial charge in [0.05, 0.1) is 4.90 Å². The zero-order valence-electron chi connectivity index (χ0n) is 13.5. The topological polar surface area (TPSA) is 82.2 Å². The number of aromatic nitrogens is 1. The van der Waals surface area contributed by atoms with Crippen molar-refractivity contribution in [3.05, 3.63) is 64.8 Å². The van der Waals surface area contributed by atoms with Gasteiger partial charge in [-0.15, -0.1) is 0 Å². The Morgan fingerprint density at radius 1 is 1.08 bits per heavy atom. The van der Waals surface area contributed by atoms with Crippen molar-refractivity contribution in [2.45, 2.75) is 17.7 Å². The molecule has 0 radical (unpaired) electrons. The van der Waals surface area contributed by atoms with Crippen LogP contribution < -0.4 is 4.72 Å². The van der Waals surface area contributed by atoms with E-state index in [0.717, 1.165) is 22.0 Å². The van der Waals surface area contributed by atoms with Gasteiger partial charge in [-0.1, -0.05) is 35.9 Å². The molecule has 0 fully saturated rings. The molecule has 0 saturated heterocycles. The van der Waals surface area contributed by atoms with Crippen LogP contribution in [0.5, 0.6) is 0 Å². The highest BCUT2D eigenvalue weighted by molar-refractivity contribution is 7.89. The van der Waals surface area contributed by atoms with Crippen LogP contribution >= 0.6 is 11.6 Å². The highest BCUT2D eigenvalue weighted by Crippen LogP contribution is 2.27. The first-order valence-corrected chi connectivity index (χ1v) is 9.82. The quantitative estimate of drug-likeness (QED) is 0.591. The highest BCUT2D eigenvalue weighted by Gasteiger charge is 2.13. The van der Waals surface area contributed by atoms with Gasteiger partial charge in [0.25, 0.3) is 0 Å². The van der Waals surface area contributed by atoms with Crippen molar-refractivity contribution in [1.82, 2.24) is 9.71 Å². The Labute approximate surface area is 151 Å². The van der Waals surface area contributed by atoms with E-state index in [-0.39, 0.29) is 11.5 Å². The Morgan fingerprint density at radius 3 is 2.56 bits per heavy atom. The lowest BCUT2D eigenvalue weighted by atomic mass is 10.1. The van der Waals surface area contributed by atoms with Crippen molar-refractivity contribution in [1.29, 1.82) is 0 Å². The fourth-order valence-electron chi connectivity index (χ4n) is 2.79. The van der Waals surface area contributed by atoms with E-state index in [9.17, 15) is 13.5 Å². The number of sulfonamides is 1. The smallest absolute Gasteiger partial charge is 0.240 e. The van der Waals surface area contributed by atoms with E-state index in [1.54, 1.807) is 30.3 Å². The van der Waals surface area contributed by atoms with Crippen LogP contribution in [0.2, 0.25) is 5.15 Å². The number of benzene rings is 2. The minimum absolute atomic E-state index is 0.0216. The Kier molecular flexibility index (Phi) is 5.44. The average molecular weight is 379 g/mol. The van der Waals surface area contributed by atoms with Crippen molar-refractivity contribution in [2.24, 2.45) is 0 Å². The zero-order chi connectivity index (χ0) is 17.9. The lowest BCUT2D eigenvalue weighted by molar-refractivity contribution is 0.300. The largest absolute Gasteiger partial charge is 0.396 e. The van der Waals surface area contributed by atoms with E-state index in [1.165, 1.54) is 0 Å². The number of aliphatic hydroxyl groups is 1. The molecule has 7 heteroatoms. The van der Waals surface area contributed by atoms with E-state index >= 15 is 0 Å². The van der Waals surface area contributed by atoms with Crippen LogP contribution in [-0.2, 0) is 22.9 Å². The minimum atomic E-state index is -3.50. The Balaban J connectivity index is 1.72. The second-order valence-corrected chi connectivity index (χ2v) is 7.88. The fourth-order valence-corrected chi connectivity index (χ4v) is 4.14. The number of aliphatic hydroxyl groups excluding tert-OH is 1. The Morgan fingerprint density at radius 2 is 1.84 bits per heavy atom. The molecular formula is C18H19ClN2O3S. The van der Waals surface area contributed by atoms with Crippen LogP contribution in [0.4, 0.5) is 0 Å². The number of hydrogen-bond acceptors (Lipinski definition) is 3. The summed E-state index contributed by atoms with van der Waals surface area (Å²) in [5.41, 5.74) is 2.78. The van der Waals surface area contributed by atoms with E-state index < -0.39 is 10.0 Å². The first-order valence-electron chi connectivity index (χ1n) is 7.96. The van der Waals surface area contributed by atoms with Gasteiger partial charge in [-0.2, -0.15) is 0 Å². The molecule has 3 rings (SSSR count). The Bertz CT molecular complexity index is 969. The molecule has 0 aliphatic carbocycles. The molecule has 0 saturated carbocycles. The van der Waals surface area contributed by atoms with Gasteiger partial charge in [-0.05, 0) is 48.2 Å². The van der Waals surface area contributed by atoms with Crippen LogP contribution in [0.15, 0.2) is 53.4 Å². The third-order valence-electron chi connectivity index (χ3n) is 4.04. The first kappa shape index (κ1) is 17.9. The molecule has 0 unspecified atom stereocenters. The number of aromatic amines is 1. The molecule has 25 heavy (non-hydrogen) atoms. The second-order valence-electron chi connectivity index (χ2n) is 5.73. The van der Waals surface area contributed by atoms with Gasteiger partial charge in [-0.25, -0.2) is 13.1 Å². The van der Waals surface area contributed by atoms with Gasteiger partial charge in [0.2, 0.25) is 10.0 Å². The molecule has 0 amide bonds. The molecule has 5 nitrogen and oxygen atoms in total. The number of H-pyrrole nitrogens is 1. The molecule has 0 bridgehead atoms. The van der Waals surface area contributed by atoms with E-state index in [0.29, 0.717) is 24.5 Å². The van der Waals surface area contributed by atoms with E-state index in [1.807, 2.05) is 18.2 Å². The third kappa shape index (κ3) is 4.04. The zero-order valence-corrected chi connectivity index (χ0v) is 15.1. The summed E-state index contributed by atoms with van der Waals surface area (Å²) in [6.07, 6.45) is 1.03. The number of rotatable bonds is 7. The third-order valence-corrected chi connectivity index (χ3v) is 5.84. The molecule has 2 aromatic carbocycles. The van der Waals surface area contributed by atoms with Gasteiger partial charge in [0.15, 0.2) is 0 Å². The summed E-state index contributed by atoms with van der Waals surface area (Å²) in [4.78, 5) is 3.34. The van der Waals surface area contributed by atoms with Gasteiger partial charge < -0.3 is 10.1 Å². The number of hydrogen-bond donors (Lipinski definition) is 3. The summed E-state index contributed by atoms with van der Waals surface area (Å²) in [6.45, 7) is 0.323. The Hall–Kier alpha value is -1.86. The monoisotopic (exact) mass is 378 g/mol. The summed E-state index contributed by atoms with van der Waals surface area (Å²) >= 11 is 6.17. The van der Waals surface area contributed by atoms with Crippen molar-refractivity contribution < 1.29 is 13.5 Å². The molecule has 0 atom stereocenters. The molecule has 0 spiro atoms. The van der Waals surface area contributed by atoms with Crippen LogP contribution in [0, 0.1) is 0 Å². The van der Waals surface area contributed by atoms with Crippen molar-refractivity contribution in [3.8, 4) is 0 Å². The molecule has 0 aliphatic rings. The number of fused-ring (bicyclic) bond motifs is 1. The molecular weight excluding hydrogens is 360 g/mol. The van der Waals surface area contributed by atoms with Crippen LogP contribution in [-0.4, -0.2) is 31.7 Å². The average Bonchev–Trinajstić information content (AvgIpc) is 2.91. The SMILES string of the molecule is O=S(=O)(NCCc1ccc2[nH]c(Cl)c(CCO)c2c1)c1ccccc1. The molecule has 1 aromatic heterocycles. The van der Waals surface area contributed by atoms with Crippen molar-refractivity contribution >= 4 is 32.5 Å². The maximum atomic E-state index is 12.2. The summed E-state index contributed by atoms with van der Waals surface area (Å²) < 4.78 is 27.0. The lowest BCUT2D eigenvalue weighted by Crippen LogP contribution is -2.25. The number of nitrogens with one attached hydrogen (secondary N) is 2.